The summed E-state index contributed by atoms with van der Waals surface area (Å²) in [5.41, 5.74) is 0. The number of aliphatic hydroxyl groups excluding tert-OH is 8. The number of allylic oxidation sites excluding steroid dienone is 7. The van der Waals surface area contributed by atoms with Crippen LogP contribution in [0.3, 0.4) is 0 Å². The summed E-state index contributed by atoms with van der Waals surface area (Å²) < 4.78 is 22.8. The lowest BCUT2D eigenvalue weighted by Crippen LogP contribution is -2.65. The van der Waals surface area contributed by atoms with E-state index in [9.17, 15) is 45.6 Å². The van der Waals surface area contributed by atoms with Gasteiger partial charge in [0.25, 0.3) is 0 Å². The smallest absolute Gasteiger partial charge is 0.220 e. The van der Waals surface area contributed by atoms with Gasteiger partial charge in [-0.1, -0.05) is 262 Å². The van der Waals surface area contributed by atoms with E-state index in [1.54, 1.807) is 6.08 Å². The standard InChI is InChI=1S/C67H123NO13/c1-3-5-7-9-11-13-15-17-19-21-23-25-27-29-30-32-34-36-38-40-42-44-46-48-50-56(71)55(54-78-66-64(77)62(75)65(58(53-70)80-66)81-67-63(76)61(74)60(73)57(52-69)79-67)68-59(72)51-49-47-45-43-41-39-37-35-33-31-28-26-24-22-20-18-16-14-12-10-8-6-4-2/h16,18,22,24,28,31,48,50,55-58,60-67,69-71,73-77H,3-15,17,19-21,23,25-27,29-30,32-47,49,51-54H2,1-2H3,(H,68,72)/b18-16-,24-22-,31-28-,50-48+. The second-order valence-electron chi connectivity index (χ2n) is 23.6. The van der Waals surface area contributed by atoms with Crippen LogP contribution in [0.2, 0.25) is 0 Å². The summed E-state index contributed by atoms with van der Waals surface area (Å²) in [5.74, 6) is -0.245. The molecule has 14 nitrogen and oxygen atoms in total. The molecule has 474 valence electrons. The van der Waals surface area contributed by atoms with E-state index >= 15 is 0 Å². The number of unbranched alkanes of at least 4 members (excludes halogenated alkanes) is 35. The first kappa shape index (κ1) is 75.0. The van der Waals surface area contributed by atoms with Crippen LogP contribution in [-0.2, 0) is 23.7 Å². The fourth-order valence-electron chi connectivity index (χ4n) is 10.9. The quantitative estimate of drug-likeness (QED) is 0.0204. The predicted octanol–water partition coefficient (Wildman–Crippen LogP) is 12.7. The number of carbonyl (C=O) groups excluding carboxylic acids is 1. The molecule has 0 radical (unpaired) electrons. The molecular weight excluding hydrogens is 1030 g/mol. The Kier molecular flexibility index (Phi) is 48.5. The zero-order valence-corrected chi connectivity index (χ0v) is 51.3. The van der Waals surface area contributed by atoms with Gasteiger partial charge in [-0.25, -0.2) is 0 Å². The molecule has 2 aliphatic heterocycles. The van der Waals surface area contributed by atoms with Gasteiger partial charge in [-0.05, 0) is 57.8 Å². The minimum absolute atomic E-state index is 0.245. The molecule has 2 heterocycles. The van der Waals surface area contributed by atoms with Crippen LogP contribution in [0.25, 0.3) is 0 Å². The second-order valence-corrected chi connectivity index (χ2v) is 23.6. The molecule has 2 fully saturated rings. The third-order valence-electron chi connectivity index (χ3n) is 16.3. The van der Waals surface area contributed by atoms with Gasteiger partial charge in [-0.15, -0.1) is 0 Å². The van der Waals surface area contributed by atoms with Crippen LogP contribution in [0.1, 0.15) is 277 Å². The van der Waals surface area contributed by atoms with Crippen molar-refractivity contribution < 1.29 is 64.6 Å². The Morgan fingerprint density at radius 1 is 0.444 bits per heavy atom. The van der Waals surface area contributed by atoms with E-state index in [0.29, 0.717) is 6.42 Å². The monoisotopic (exact) mass is 1150 g/mol. The van der Waals surface area contributed by atoms with Gasteiger partial charge in [0, 0.05) is 6.42 Å². The molecule has 14 heteroatoms. The molecule has 2 aliphatic rings. The van der Waals surface area contributed by atoms with E-state index in [1.165, 1.54) is 193 Å². The molecule has 1 amide bonds. The molecule has 0 saturated carbocycles. The largest absolute Gasteiger partial charge is 0.394 e. The van der Waals surface area contributed by atoms with Gasteiger partial charge < -0.3 is 65.1 Å². The van der Waals surface area contributed by atoms with Gasteiger partial charge in [-0.2, -0.15) is 0 Å². The van der Waals surface area contributed by atoms with Crippen LogP contribution < -0.4 is 5.32 Å². The van der Waals surface area contributed by atoms with Gasteiger partial charge in [0.15, 0.2) is 12.6 Å². The molecule has 0 spiro atoms. The zero-order chi connectivity index (χ0) is 58.8. The van der Waals surface area contributed by atoms with E-state index in [-0.39, 0.29) is 18.9 Å². The van der Waals surface area contributed by atoms with Crippen molar-refractivity contribution >= 4 is 5.91 Å². The summed E-state index contributed by atoms with van der Waals surface area (Å²) in [5, 5.41) is 87.3. The Labute approximate surface area is 493 Å². The molecule has 2 saturated heterocycles. The van der Waals surface area contributed by atoms with Crippen molar-refractivity contribution in [3.63, 3.8) is 0 Å². The van der Waals surface area contributed by atoms with Crippen LogP contribution >= 0.6 is 0 Å². The highest BCUT2D eigenvalue weighted by atomic mass is 16.7. The van der Waals surface area contributed by atoms with Crippen molar-refractivity contribution in [3.8, 4) is 0 Å². The van der Waals surface area contributed by atoms with Crippen molar-refractivity contribution in [3.05, 3.63) is 48.6 Å². The van der Waals surface area contributed by atoms with Crippen LogP contribution in [0.15, 0.2) is 48.6 Å². The second kappa shape index (κ2) is 52.3. The van der Waals surface area contributed by atoms with Crippen LogP contribution in [0.5, 0.6) is 0 Å². The molecule has 81 heavy (non-hydrogen) atoms. The van der Waals surface area contributed by atoms with Gasteiger partial charge in [0.2, 0.25) is 5.91 Å². The molecule has 0 aromatic rings. The maximum atomic E-state index is 13.3. The first-order chi connectivity index (χ1) is 39.6. The minimum atomic E-state index is -1.79. The van der Waals surface area contributed by atoms with Crippen molar-refractivity contribution in [2.75, 3.05) is 19.8 Å². The van der Waals surface area contributed by atoms with E-state index in [4.69, 9.17) is 18.9 Å². The summed E-state index contributed by atoms with van der Waals surface area (Å²) in [6.07, 6.45) is 50.0. The normalized spacial score (nSPS) is 24.4. The molecule has 0 aliphatic carbocycles. The van der Waals surface area contributed by atoms with Crippen molar-refractivity contribution in [2.24, 2.45) is 0 Å². The van der Waals surface area contributed by atoms with Gasteiger partial charge in [0.05, 0.1) is 32.0 Å². The lowest BCUT2D eigenvalue weighted by atomic mass is 9.97. The number of aliphatic hydroxyl groups is 8. The van der Waals surface area contributed by atoms with Gasteiger partial charge >= 0.3 is 0 Å². The minimum Gasteiger partial charge on any atom is -0.394 e. The Balaban J connectivity index is 1.73. The van der Waals surface area contributed by atoms with Crippen LogP contribution in [0.4, 0.5) is 0 Å². The molecule has 12 atom stereocenters. The fourth-order valence-corrected chi connectivity index (χ4v) is 10.9. The van der Waals surface area contributed by atoms with Crippen molar-refractivity contribution in [2.45, 2.75) is 351 Å². The molecule has 2 rings (SSSR count). The van der Waals surface area contributed by atoms with Crippen molar-refractivity contribution in [1.29, 1.82) is 0 Å². The average molecular weight is 1150 g/mol. The third kappa shape index (κ3) is 37.2. The first-order valence-corrected chi connectivity index (χ1v) is 33.4. The highest BCUT2D eigenvalue weighted by Crippen LogP contribution is 2.30. The van der Waals surface area contributed by atoms with Gasteiger partial charge in [-0.3, -0.25) is 4.79 Å². The SMILES string of the molecule is CCCCCCC/C=C\C/C=C\C/C=C\CCCCCCCCCCC(=O)NC(COC1OC(CO)C(OC2OC(CO)C(O)C(O)C2O)C(O)C1O)C(O)/C=C/CCCCCCCCCCCCCCCCCCCCCCCC. The Hall–Kier alpha value is -2.05. The molecule has 0 aromatic heterocycles. The molecule has 12 unspecified atom stereocenters. The average Bonchev–Trinajstić information content (AvgIpc) is 3.47. The summed E-state index contributed by atoms with van der Waals surface area (Å²) in [6.45, 7) is 2.81. The van der Waals surface area contributed by atoms with Gasteiger partial charge in [0.1, 0.15) is 48.8 Å². The van der Waals surface area contributed by atoms with E-state index < -0.39 is 86.8 Å². The lowest BCUT2D eigenvalue weighted by molar-refractivity contribution is -0.359. The summed E-state index contributed by atoms with van der Waals surface area (Å²) in [4.78, 5) is 13.3. The molecule has 0 bridgehead atoms. The third-order valence-corrected chi connectivity index (χ3v) is 16.3. The molecular formula is C67H123NO13. The summed E-state index contributed by atoms with van der Waals surface area (Å²) in [7, 11) is 0. The number of rotatable bonds is 54. The zero-order valence-electron chi connectivity index (χ0n) is 51.3. The predicted molar refractivity (Wildman–Crippen MR) is 327 cm³/mol. The van der Waals surface area contributed by atoms with E-state index in [2.05, 4.69) is 55.6 Å². The van der Waals surface area contributed by atoms with Crippen LogP contribution in [-0.4, -0.2) is 140 Å². The number of nitrogens with one attached hydrogen (secondary N) is 1. The number of ether oxygens (including phenoxy) is 4. The fraction of sp³-hybridized carbons (Fsp3) is 0.866. The number of hydrogen-bond acceptors (Lipinski definition) is 13. The van der Waals surface area contributed by atoms with E-state index in [0.717, 1.165) is 57.8 Å². The number of amides is 1. The maximum absolute atomic E-state index is 13.3. The van der Waals surface area contributed by atoms with Crippen molar-refractivity contribution in [1.82, 2.24) is 5.32 Å². The Morgan fingerprint density at radius 3 is 1.25 bits per heavy atom. The molecule has 9 N–H and O–H groups in total. The van der Waals surface area contributed by atoms with Crippen LogP contribution in [0, 0.1) is 0 Å². The Morgan fingerprint density at radius 2 is 0.815 bits per heavy atom. The topological polar surface area (TPSA) is 228 Å². The summed E-state index contributed by atoms with van der Waals surface area (Å²) in [6, 6.07) is -0.921. The first-order valence-electron chi connectivity index (χ1n) is 33.4. The Bertz CT molecular complexity index is 1540. The maximum Gasteiger partial charge on any atom is 0.220 e. The lowest BCUT2D eigenvalue weighted by Gasteiger charge is -2.46. The molecule has 0 aromatic carbocycles. The highest BCUT2D eigenvalue weighted by molar-refractivity contribution is 5.76. The number of carbonyl (C=O) groups is 1. The number of hydrogen-bond donors (Lipinski definition) is 9. The highest BCUT2D eigenvalue weighted by Gasteiger charge is 2.51. The summed E-state index contributed by atoms with van der Waals surface area (Å²) >= 11 is 0. The van der Waals surface area contributed by atoms with E-state index in [1.807, 2.05) is 6.08 Å².